The molecule has 25 heavy (non-hydrogen) atoms. The minimum Gasteiger partial charge on any atom is -0.379 e. The van der Waals surface area contributed by atoms with Crippen LogP contribution in [0.15, 0.2) is 24.3 Å². The van der Waals surface area contributed by atoms with Crippen molar-refractivity contribution in [2.24, 2.45) is 0 Å². The summed E-state index contributed by atoms with van der Waals surface area (Å²) in [4.78, 5) is 8.41. The highest BCUT2D eigenvalue weighted by Crippen LogP contribution is 2.28. The fourth-order valence-electron chi connectivity index (χ4n) is 3.79. The second-order valence-electron chi connectivity index (χ2n) is 6.96. The molecule has 1 N–H and O–H groups in total. The molecule has 2 aliphatic rings. The van der Waals surface area contributed by atoms with Crippen LogP contribution in [0.2, 0.25) is 5.02 Å². The van der Waals surface area contributed by atoms with Crippen LogP contribution in [0.3, 0.4) is 0 Å². The zero-order valence-electron chi connectivity index (χ0n) is 14.5. The molecule has 6 heteroatoms. The molecule has 4 rings (SSSR count). The number of nitrogens with zero attached hydrogens (tertiary/aromatic N) is 2. The van der Waals surface area contributed by atoms with E-state index in [0.717, 1.165) is 87.1 Å². The Bertz CT molecular complexity index is 699. The predicted molar refractivity (Wildman–Crippen MR) is 100 cm³/mol. The summed E-state index contributed by atoms with van der Waals surface area (Å²) in [6.07, 6.45) is 1.32. The molecular formula is C19H26ClN3O2. The first-order chi connectivity index (χ1) is 12.3. The zero-order valence-corrected chi connectivity index (χ0v) is 15.3. The molecule has 1 atom stereocenters. The molecule has 2 aromatic rings. The quantitative estimate of drug-likeness (QED) is 0.906. The van der Waals surface area contributed by atoms with Gasteiger partial charge >= 0.3 is 0 Å². The molecule has 2 saturated heterocycles. The van der Waals surface area contributed by atoms with Crippen LogP contribution in [0.1, 0.15) is 12.1 Å². The molecule has 5 nitrogen and oxygen atoms in total. The van der Waals surface area contributed by atoms with Gasteiger partial charge in [-0.05, 0) is 12.5 Å². The van der Waals surface area contributed by atoms with Gasteiger partial charge in [0.25, 0.3) is 0 Å². The molecule has 3 heterocycles. The number of aromatic amines is 1. The Kier molecular flexibility index (Phi) is 5.58. The second-order valence-corrected chi connectivity index (χ2v) is 7.34. The van der Waals surface area contributed by atoms with Gasteiger partial charge in [0.15, 0.2) is 0 Å². The molecule has 0 aliphatic carbocycles. The van der Waals surface area contributed by atoms with Crippen molar-refractivity contribution < 1.29 is 9.47 Å². The van der Waals surface area contributed by atoms with E-state index in [9.17, 15) is 0 Å². The van der Waals surface area contributed by atoms with Crippen molar-refractivity contribution >= 4 is 22.5 Å². The third-order valence-corrected chi connectivity index (χ3v) is 5.53. The van der Waals surface area contributed by atoms with Crippen molar-refractivity contribution in [1.82, 2.24) is 14.8 Å². The summed E-state index contributed by atoms with van der Waals surface area (Å²) >= 11 is 6.60. The summed E-state index contributed by atoms with van der Waals surface area (Å²) in [6.45, 7) is 8.35. The van der Waals surface area contributed by atoms with Crippen LogP contribution < -0.4 is 0 Å². The van der Waals surface area contributed by atoms with Crippen molar-refractivity contribution in [2.75, 3.05) is 52.5 Å². The van der Waals surface area contributed by atoms with Crippen molar-refractivity contribution in [3.05, 3.63) is 35.0 Å². The highest BCUT2D eigenvalue weighted by Gasteiger charge is 2.23. The van der Waals surface area contributed by atoms with Gasteiger partial charge in [-0.25, -0.2) is 0 Å². The van der Waals surface area contributed by atoms with Gasteiger partial charge in [0.05, 0.1) is 24.3 Å². The van der Waals surface area contributed by atoms with Crippen LogP contribution in [0.5, 0.6) is 0 Å². The number of hydrogen-bond acceptors (Lipinski definition) is 4. The third-order valence-electron chi connectivity index (χ3n) is 5.10. The molecule has 136 valence electrons. The summed E-state index contributed by atoms with van der Waals surface area (Å²) in [6, 6.07) is 8.23. The minimum absolute atomic E-state index is 0.253. The van der Waals surface area contributed by atoms with E-state index in [-0.39, 0.29) is 6.10 Å². The second kappa shape index (κ2) is 8.06. The number of aromatic nitrogens is 1. The monoisotopic (exact) mass is 363 g/mol. The molecule has 1 aromatic heterocycles. The van der Waals surface area contributed by atoms with E-state index >= 15 is 0 Å². The Morgan fingerprint density at radius 2 is 1.92 bits per heavy atom. The van der Waals surface area contributed by atoms with E-state index in [4.69, 9.17) is 21.1 Å². The van der Waals surface area contributed by atoms with Crippen molar-refractivity contribution in [3.8, 4) is 0 Å². The molecule has 1 unspecified atom stereocenters. The SMILES string of the molecule is Clc1c(CN2CCCOC(CN3CCOCC3)C2)[nH]c2ccccc12. The standard InChI is InChI=1S/C19H26ClN3O2/c20-19-16-4-1-2-5-17(16)21-18(19)14-23-6-3-9-25-15(13-23)12-22-7-10-24-11-8-22/h1-2,4-5,15,21H,3,6-14H2. The molecule has 2 fully saturated rings. The number of para-hydroxylation sites is 1. The number of benzene rings is 1. The number of ether oxygens (including phenoxy) is 2. The lowest BCUT2D eigenvalue weighted by Gasteiger charge is -2.31. The van der Waals surface area contributed by atoms with Gasteiger partial charge < -0.3 is 14.5 Å². The molecule has 2 aliphatic heterocycles. The Labute approximate surface area is 153 Å². The average Bonchev–Trinajstić information content (AvgIpc) is 2.80. The summed E-state index contributed by atoms with van der Waals surface area (Å²) < 4.78 is 11.5. The van der Waals surface area contributed by atoms with E-state index in [1.165, 1.54) is 0 Å². The number of morpholine rings is 1. The maximum Gasteiger partial charge on any atom is 0.0828 e. The number of rotatable bonds is 4. The van der Waals surface area contributed by atoms with Crippen molar-refractivity contribution in [2.45, 2.75) is 19.1 Å². The third kappa shape index (κ3) is 4.18. The minimum atomic E-state index is 0.253. The highest BCUT2D eigenvalue weighted by molar-refractivity contribution is 6.36. The first-order valence-electron chi connectivity index (χ1n) is 9.19. The van der Waals surface area contributed by atoms with E-state index in [0.29, 0.717) is 0 Å². The molecule has 0 spiro atoms. The van der Waals surface area contributed by atoms with Gasteiger partial charge in [-0.3, -0.25) is 9.80 Å². The molecule has 0 radical (unpaired) electrons. The van der Waals surface area contributed by atoms with Gasteiger partial charge in [0.1, 0.15) is 0 Å². The highest BCUT2D eigenvalue weighted by atomic mass is 35.5. The smallest absolute Gasteiger partial charge is 0.0828 e. The Hall–Kier alpha value is -1.11. The summed E-state index contributed by atoms with van der Waals surface area (Å²) in [5.41, 5.74) is 2.22. The summed E-state index contributed by atoms with van der Waals surface area (Å²) in [5.74, 6) is 0. The molecular weight excluding hydrogens is 338 g/mol. The number of halogens is 1. The summed E-state index contributed by atoms with van der Waals surface area (Å²) in [7, 11) is 0. The van der Waals surface area contributed by atoms with Crippen molar-refractivity contribution in [1.29, 1.82) is 0 Å². The van der Waals surface area contributed by atoms with Gasteiger partial charge in [-0.15, -0.1) is 0 Å². The topological polar surface area (TPSA) is 40.7 Å². The lowest BCUT2D eigenvalue weighted by Crippen LogP contribution is -2.44. The average molecular weight is 364 g/mol. The molecule has 0 bridgehead atoms. The number of nitrogens with one attached hydrogen (secondary N) is 1. The maximum atomic E-state index is 6.60. The predicted octanol–water partition coefficient (Wildman–Crippen LogP) is 2.74. The fraction of sp³-hybridized carbons (Fsp3) is 0.579. The normalized spacial score (nSPS) is 23.8. The first kappa shape index (κ1) is 17.3. The van der Waals surface area contributed by atoms with Crippen LogP contribution >= 0.6 is 11.6 Å². The van der Waals surface area contributed by atoms with E-state index in [2.05, 4.69) is 26.9 Å². The fourth-order valence-corrected chi connectivity index (χ4v) is 4.06. The lowest BCUT2D eigenvalue weighted by molar-refractivity contribution is -0.0123. The molecule has 0 saturated carbocycles. The molecule has 1 aromatic carbocycles. The Morgan fingerprint density at radius 3 is 2.76 bits per heavy atom. The first-order valence-corrected chi connectivity index (χ1v) is 9.56. The van der Waals surface area contributed by atoms with Crippen LogP contribution in [-0.4, -0.2) is 73.4 Å². The van der Waals surface area contributed by atoms with Gasteiger partial charge in [-0.1, -0.05) is 29.8 Å². The van der Waals surface area contributed by atoms with Gasteiger partial charge in [-0.2, -0.15) is 0 Å². The Morgan fingerprint density at radius 1 is 1.08 bits per heavy atom. The van der Waals surface area contributed by atoms with E-state index < -0.39 is 0 Å². The summed E-state index contributed by atoms with van der Waals surface area (Å²) in [5, 5.41) is 1.96. The van der Waals surface area contributed by atoms with E-state index in [1.54, 1.807) is 0 Å². The number of H-pyrrole nitrogens is 1. The lowest BCUT2D eigenvalue weighted by atomic mass is 10.2. The Balaban J connectivity index is 1.42. The van der Waals surface area contributed by atoms with Crippen molar-refractivity contribution in [3.63, 3.8) is 0 Å². The van der Waals surface area contributed by atoms with Gasteiger partial charge in [0, 0.05) is 62.5 Å². The maximum absolute atomic E-state index is 6.60. The number of hydrogen-bond donors (Lipinski definition) is 1. The van der Waals surface area contributed by atoms with E-state index in [1.807, 2.05) is 12.1 Å². The van der Waals surface area contributed by atoms with Crippen LogP contribution in [-0.2, 0) is 16.0 Å². The largest absolute Gasteiger partial charge is 0.379 e. The van der Waals surface area contributed by atoms with Crippen LogP contribution in [0.25, 0.3) is 10.9 Å². The number of fused-ring (bicyclic) bond motifs is 1. The zero-order chi connectivity index (χ0) is 17.1. The van der Waals surface area contributed by atoms with Crippen LogP contribution in [0.4, 0.5) is 0 Å². The van der Waals surface area contributed by atoms with Gasteiger partial charge in [0.2, 0.25) is 0 Å². The van der Waals surface area contributed by atoms with Crippen LogP contribution in [0, 0.1) is 0 Å². The molecule has 0 amide bonds.